The number of hydrogen-bond donors (Lipinski definition) is 2. The van der Waals surface area contributed by atoms with Gasteiger partial charge in [0.05, 0.1) is 12.1 Å². The van der Waals surface area contributed by atoms with Crippen molar-refractivity contribution in [2.75, 3.05) is 0 Å². The van der Waals surface area contributed by atoms with Crippen LogP contribution in [0.25, 0.3) is 0 Å². The number of rotatable bonds is 3. The summed E-state index contributed by atoms with van der Waals surface area (Å²) in [5, 5.41) is 11.5. The number of hydrogen-bond acceptors (Lipinski definition) is 3. The van der Waals surface area contributed by atoms with Crippen molar-refractivity contribution in [3.05, 3.63) is 68.5 Å². The quantitative estimate of drug-likeness (QED) is 0.391. The largest absolute Gasteiger partial charge is 0.409 e. The fourth-order valence-electron chi connectivity index (χ4n) is 1.70. The Kier molecular flexibility index (Phi) is 4.01. The Balaban J connectivity index is 2.36. The first-order chi connectivity index (χ1) is 9.11. The Labute approximate surface area is 118 Å². The molecule has 1 heterocycles. The molecule has 3 N–H and O–H groups in total. The molecular formula is C13H12BrN3O2. The van der Waals surface area contributed by atoms with Gasteiger partial charge in [-0.25, -0.2) is 0 Å². The van der Waals surface area contributed by atoms with Gasteiger partial charge in [0.2, 0.25) is 0 Å². The van der Waals surface area contributed by atoms with E-state index in [0.717, 1.165) is 10.0 Å². The highest BCUT2D eigenvalue weighted by atomic mass is 79.9. The van der Waals surface area contributed by atoms with Crippen LogP contribution in [0.2, 0.25) is 0 Å². The molecule has 0 amide bonds. The molecule has 2 aromatic rings. The molecule has 0 saturated carbocycles. The summed E-state index contributed by atoms with van der Waals surface area (Å²) >= 11 is 3.36. The van der Waals surface area contributed by atoms with E-state index in [4.69, 9.17) is 10.9 Å². The van der Waals surface area contributed by atoms with Crippen LogP contribution in [0.1, 0.15) is 11.1 Å². The van der Waals surface area contributed by atoms with Crippen molar-refractivity contribution in [3.63, 3.8) is 0 Å². The van der Waals surface area contributed by atoms with Crippen molar-refractivity contribution < 1.29 is 5.21 Å². The molecule has 0 atom stereocenters. The van der Waals surface area contributed by atoms with E-state index < -0.39 is 0 Å². The lowest BCUT2D eigenvalue weighted by Crippen LogP contribution is -2.29. The molecule has 0 aliphatic rings. The van der Waals surface area contributed by atoms with E-state index in [1.54, 1.807) is 12.3 Å². The van der Waals surface area contributed by atoms with Crippen LogP contribution in [-0.2, 0) is 6.54 Å². The van der Waals surface area contributed by atoms with Crippen LogP contribution in [0.5, 0.6) is 0 Å². The molecule has 2 rings (SSSR count). The van der Waals surface area contributed by atoms with Crippen molar-refractivity contribution in [1.82, 2.24) is 4.57 Å². The lowest BCUT2D eigenvalue weighted by atomic mass is 10.2. The number of benzene rings is 1. The predicted molar refractivity (Wildman–Crippen MR) is 76.5 cm³/mol. The Hall–Kier alpha value is -2.08. The van der Waals surface area contributed by atoms with E-state index in [1.807, 2.05) is 24.3 Å². The van der Waals surface area contributed by atoms with Gasteiger partial charge in [-0.3, -0.25) is 4.79 Å². The minimum absolute atomic E-state index is 0.183. The van der Waals surface area contributed by atoms with Crippen LogP contribution >= 0.6 is 15.9 Å². The van der Waals surface area contributed by atoms with Gasteiger partial charge in [0, 0.05) is 10.7 Å². The van der Waals surface area contributed by atoms with Crippen LogP contribution in [0, 0.1) is 0 Å². The molecule has 19 heavy (non-hydrogen) atoms. The third kappa shape index (κ3) is 3.03. The van der Waals surface area contributed by atoms with Crippen molar-refractivity contribution in [2.24, 2.45) is 10.9 Å². The SMILES string of the molecule is N/C(=N/O)c1cccn(Cc2ccc(Br)cc2)c1=O. The number of nitrogens with zero attached hydrogens (tertiary/aromatic N) is 2. The second-order valence-corrected chi connectivity index (χ2v) is 4.88. The third-order valence-electron chi connectivity index (χ3n) is 2.67. The fraction of sp³-hybridized carbons (Fsp3) is 0.0769. The monoisotopic (exact) mass is 321 g/mol. The summed E-state index contributed by atoms with van der Waals surface area (Å²) in [5.74, 6) is -0.185. The molecule has 0 aliphatic carbocycles. The van der Waals surface area contributed by atoms with E-state index >= 15 is 0 Å². The number of aromatic nitrogens is 1. The molecule has 0 spiro atoms. The molecule has 1 aromatic carbocycles. The number of oxime groups is 1. The predicted octanol–water partition coefficient (Wildman–Crippen LogP) is 1.75. The minimum atomic E-state index is -0.291. The highest BCUT2D eigenvalue weighted by Gasteiger charge is 2.07. The van der Waals surface area contributed by atoms with Crippen LogP contribution in [0.3, 0.4) is 0 Å². The van der Waals surface area contributed by atoms with E-state index in [9.17, 15) is 4.79 Å². The van der Waals surface area contributed by atoms with Gasteiger partial charge in [-0.1, -0.05) is 33.2 Å². The lowest BCUT2D eigenvalue weighted by Gasteiger charge is -2.07. The summed E-state index contributed by atoms with van der Waals surface area (Å²) in [5.41, 5.74) is 6.34. The van der Waals surface area contributed by atoms with Gasteiger partial charge in [-0.15, -0.1) is 0 Å². The maximum Gasteiger partial charge on any atom is 0.261 e. The van der Waals surface area contributed by atoms with Crippen molar-refractivity contribution in [2.45, 2.75) is 6.54 Å². The fourth-order valence-corrected chi connectivity index (χ4v) is 1.96. The van der Waals surface area contributed by atoms with Crippen molar-refractivity contribution in [1.29, 1.82) is 0 Å². The van der Waals surface area contributed by atoms with E-state index in [2.05, 4.69) is 21.1 Å². The Morgan fingerprint density at radius 2 is 2.00 bits per heavy atom. The minimum Gasteiger partial charge on any atom is -0.409 e. The summed E-state index contributed by atoms with van der Waals surface area (Å²) < 4.78 is 2.49. The highest BCUT2D eigenvalue weighted by molar-refractivity contribution is 9.10. The average Bonchev–Trinajstić information content (AvgIpc) is 2.43. The van der Waals surface area contributed by atoms with Crippen LogP contribution < -0.4 is 11.3 Å². The van der Waals surface area contributed by atoms with Gasteiger partial charge < -0.3 is 15.5 Å². The molecule has 1 aromatic heterocycles. The summed E-state index contributed by atoms with van der Waals surface area (Å²) in [7, 11) is 0. The normalized spacial score (nSPS) is 11.5. The summed E-state index contributed by atoms with van der Waals surface area (Å²) in [6.07, 6.45) is 1.67. The van der Waals surface area contributed by atoms with Crippen LogP contribution in [-0.4, -0.2) is 15.6 Å². The van der Waals surface area contributed by atoms with E-state index in [0.29, 0.717) is 6.54 Å². The molecule has 0 fully saturated rings. The van der Waals surface area contributed by atoms with Gasteiger partial charge in [0.15, 0.2) is 5.84 Å². The molecule has 98 valence electrons. The molecule has 0 saturated heterocycles. The standard InChI is InChI=1S/C13H12BrN3O2/c14-10-5-3-9(4-6-10)8-17-7-1-2-11(13(17)18)12(15)16-19/h1-7,19H,8H2,(H2,15,16). The summed E-state index contributed by atoms with van der Waals surface area (Å²) in [6.45, 7) is 0.429. The van der Waals surface area contributed by atoms with E-state index in [-0.39, 0.29) is 17.0 Å². The first-order valence-electron chi connectivity index (χ1n) is 5.53. The smallest absolute Gasteiger partial charge is 0.261 e. The van der Waals surface area contributed by atoms with Crippen molar-refractivity contribution >= 4 is 21.8 Å². The maximum atomic E-state index is 12.1. The first-order valence-corrected chi connectivity index (χ1v) is 6.33. The summed E-state index contributed by atoms with van der Waals surface area (Å²) in [4.78, 5) is 12.1. The molecule has 0 unspecified atom stereocenters. The van der Waals surface area contributed by atoms with Gasteiger partial charge in [-0.05, 0) is 29.8 Å². The number of amidine groups is 1. The average molecular weight is 322 g/mol. The lowest BCUT2D eigenvalue weighted by molar-refractivity contribution is 0.318. The zero-order chi connectivity index (χ0) is 13.8. The topological polar surface area (TPSA) is 80.6 Å². The molecule has 0 aliphatic heterocycles. The van der Waals surface area contributed by atoms with Crippen LogP contribution in [0.4, 0.5) is 0 Å². The van der Waals surface area contributed by atoms with Gasteiger partial charge in [-0.2, -0.15) is 0 Å². The highest BCUT2D eigenvalue weighted by Crippen LogP contribution is 2.11. The Bertz CT molecular complexity index is 662. The van der Waals surface area contributed by atoms with Crippen molar-refractivity contribution in [3.8, 4) is 0 Å². The Morgan fingerprint density at radius 1 is 1.32 bits per heavy atom. The number of halogens is 1. The molecule has 0 bridgehead atoms. The zero-order valence-corrected chi connectivity index (χ0v) is 11.5. The second-order valence-electron chi connectivity index (χ2n) is 3.97. The molecule has 5 nitrogen and oxygen atoms in total. The van der Waals surface area contributed by atoms with Crippen LogP contribution in [0.15, 0.2) is 57.0 Å². The number of nitrogens with two attached hydrogens (primary N) is 1. The molecule has 6 heteroatoms. The molecule has 0 radical (unpaired) electrons. The van der Waals surface area contributed by atoms with Gasteiger partial charge >= 0.3 is 0 Å². The van der Waals surface area contributed by atoms with Gasteiger partial charge in [0.25, 0.3) is 5.56 Å². The van der Waals surface area contributed by atoms with Gasteiger partial charge in [0.1, 0.15) is 0 Å². The summed E-state index contributed by atoms with van der Waals surface area (Å²) in [6, 6.07) is 10.9. The molecular weight excluding hydrogens is 310 g/mol. The zero-order valence-electron chi connectivity index (χ0n) is 9.95. The maximum absolute atomic E-state index is 12.1. The Morgan fingerprint density at radius 3 is 2.63 bits per heavy atom. The second kappa shape index (κ2) is 5.71. The number of pyridine rings is 1. The van der Waals surface area contributed by atoms with E-state index in [1.165, 1.54) is 10.6 Å². The first kappa shape index (κ1) is 13.4. The third-order valence-corrected chi connectivity index (χ3v) is 3.20.